The molecule has 34 heavy (non-hydrogen) atoms. The van der Waals surface area contributed by atoms with Crippen LogP contribution in [0.4, 0.5) is 0 Å². The Bertz CT molecular complexity index is 1170. The molecule has 0 saturated heterocycles. The summed E-state index contributed by atoms with van der Waals surface area (Å²) in [5.74, 6) is 0.430. The second-order valence-electron chi connectivity index (χ2n) is 9.22. The first kappa shape index (κ1) is 23.8. The number of hydrogen-bond donors (Lipinski definition) is 1. The third-order valence-electron chi connectivity index (χ3n) is 6.38. The lowest BCUT2D eigenvalue weighted by Crippen LogP contribution is -2.63. The van der Waals surface area contributed by atoms with Crippen LogP contribution in [0.15, 0.2) is 54.6 Å². The fraction of sp³-hybridized carbons (Fsp3) is 0.407. The third-order valence-corrected chi connectivity index (χ3v) is 6.38. The molecule has 2 heterocycles. The Hall–Kier alpha value is -3.32. The first-order chi connectivity index (χ1) is 16.3. The van der Waals surface area contributed by atoms with E-state index < -0.39 is 5.54 Å². The van der Waals surface area contributed by atoms with Gasteiger partial charge >= 0.3 is 0 Å². The molecule has 1 atom stereocenters. The van der Waals surface area contributed by atoms with Crippen molar-refractivity contribution in [1.29, 1.82) is 0 Å². The molecule has 2 amide bonds. The molecule has 0 saturated carbocycles. The van der Waals surface area contributed by atoms with Crippen LogP contribution in [-0.2, 0) is 22.6 Å². The van der Waals surface area contributed by atoms with Crippen molar-refractivity contribution in [3.63, 3.8) is 0 Å². The highest BCUT2D eigenvalue weighted by Crippen LogP contribution is 2.33. The van der Waals surface area contributed by atoms with Crippen molar-refractivity contribution in [2.75, 3.05) is 20.3 Å². The molecule has 7 heteroatoms. The summed E-state index contributed by atoms with van der Waals surface area (Å²) in [7, 11) is 1.62. The molecule has 1 aromatic heterocycles. The standard InChI is InChI=1S/C27H33N3O4/c1-19(2)34-15-7-14-28-26(32)27(3)18-29-23-9-6-5-8-21(23)16-24(29)25(31)30(27)17-20-10-12-22(33-4)13-11-20/h5-6,8-13,16,19H,7,14-15,17-18H2,1-4H3,(H,28,32). The smallest absolute Gasteiger partial charge is 0.271 e. The minimum Gasteiger partial charge on any atom is -0.497 e. The largest absolute Gasteiger partial charge is 0.497 e. The first-order valence-corrected chi connectivity index (χ1v) is 11.8. The Morgan fingerprint density at radius 3 is 2.59 bits per heavy atom. The van der Waals surface area contributed by atoms with Gasteiger partial charge < -0.3 is 24.3 Å². The molecule has 1 unspecified atom stereocenters. The molecule has 2 aromatic carbocycles. The molecular weight excluding hydrogens is 430 g/mol. The second-order valence-corrected chi connectivity index (χ2v) is 9.22. The highest BCUT2D eigenvalue weighted by molar-refractivity contribution is 6.03. The zero-order chi connectivity index (χ0) is 24.3. The second kappa shape index (κ2) is 9.89. The van der Waals surface area contributed by atoms with Gasteiger partial charge in [0.1, 0.15) is 17.0 Å². The quantitative estimate of drug-likeness (QED) is 0.487. The maximum atomic E-state index is 13.8. The van der Waals surface area contributed by atoms with Gasteiger partial charge in [-0.15, -0.1) is 0 Å². The van der Waals surface area contributed by atoms with Crippen LogP contribution < -0.4 is 10.1 Å². The first-order valence-electron chi connectivity index (χ1n) is 11.8. The van der Waals surface area contributed by atoms with Gasteiger partial charge in [-0.25, -0.2) is 0 Å². The maximum absolute atomic E-state index is 13.8. The topological polar surface area (TPSA) is 72.8 Å². The molecule has 0 aliphatic carbocycles. The number of carbonyl (C=O) groups is 2. The number of fused-ring (bicyclic) bond motifs is 3. The van der Waals surface area contributed by atoms with E-state index in [9.17, 15) is 9.59 Å². The van der Waals surface area contributed by atoms with Crippen molar-refractivity contribution >= 4 is 22.7 Å². The zero-order valence-electron chi connectivity index (χ0n) is 20.3. The van der Waals surface area contributed by atoms with Crippen molar-refractivity contribution in [3.05, 3.63) is 65.9 Å². The molecule has 1 aliphatic rings. The number of rotatable bonds is 9. The van der Waals surface area contributed by atoms with Crippen LogP contribution in [0.3, 0.4) is 0 Å². The number of benzene rings is 2. The van der Waals surface area contributed by atoms with E-state index >= 15 is 0 Å². The fourth-order valence-corrected chi connectivity index (χ4v) is 4.45. The van der Waals surface area contributed by atoms with Gasteiger partial charge in [-0.05, 0) is 57.0 Å². The van der Waals surface area contributed by atoms with Gasteiger partial charge in [0.05, 0.1) is 19.8 Å². The lowest BCUT2D eigenvalue weighted by Gasteiger charge is -2.44. The number of aromatic nitrogens is 1. The average molecular weight is 464 g/mol. The summed E-state index contributed by atoms with van der Waals surface area (Å²) >= 11 is 0. The Morgan fingerprint density at radius 1 is 1.15 bits per heavy atom. The molecule has 0 radical (unpaired) electrons. The molecule has 4 rings (SSSR count). The molecular formula is C27H33N3O4. The number of methoxy groups -OCH3 is 1. The minimum absolute atomic E-state index is 0.154. The number of nitrogens with one attached hydrogen (secondary N) is 1. The van der Waals surface area contributed by atoms with Crippen LogP contribution in [0, 0.1) is 0 Å². The van der Waals surface area contributed by atoms with E-state index in [0.717, 1.165) is 22.2 Å². The van der Waals surface area contributed by atoms with Gasteiger partial charge in [-0.2, -0.15) is 0 Å². The summed E-state index contributed by atoms with van der Waals surface area (Å²) in [4.78, 5) is 29.0. The van der Waals surface area contributed by atoms with Gasteiger partial charge in [0.15, 0.2) is 0 Å². The van der Waals surface area contributed by atoms with E-state index in [1.165, 1.54) is 0 Å². The average Bonchev–Trinajstić information content (AvgIpc) is 3.20. The molecule has 3 aromatic rings. The van der Waals surface area contributed by atoms with Gasteiger partial charge in [-0.1, -0.05) is 30.3 Å². The summed E-state index contributed by atoms with van der Waals surface area (Å²) in [5, 5.41) is 4.04. The van der Waals surface area contributed by atoms with Gasteiger partial charge in [0.2, 0.25) is 5.91 Å². The van der Waals surface area contributed by atoms with Crippen molar-refractivity contribution in [1.82, 2.24) is 14.8 Å². The van der Waals surface area contributed by atoms with Crippen LogP contribution in [-0.4, -0.2) is 53.2 Å². The Morgan fingerprint density at radius 2 is 1.88 bits per heavy atom. The number of amides is 2. The van der Waals surface area contributed by atoms with Crippen molar-refractivity contribution in [2.24, 2.45) is 0 Å². The number of ether oxygens (including phenoxy) is 2. The van der Waals surface area contributed by atoms with Crippen LogP contribution >= 0.6 is 0 Å². The number of hydrogen-bond acceptors (Lipinski definition) is 4. The monoisotopic (exact) mass is 463 g/mol. The van der Waals surface area contributed by atoms with Crippen LogP contribution in [0.1, 0.15) is 43.2 Å². The molecule has 0 bridgehead atoms. The Labute approximate surface area is 200 Å². The summed E-state index contributed by atoms with van der Waals surface area (Å²) in [6.07, 6.45) is 0.869. The molecule has 0 fully saturated rings. The normalized spacial score (nSPS) is 17.8. The van der Waals surface area contributed by atoms with E-state index in [4.69, 9.17) is 9.47 Å². The highest BCUT2D eigenvalue weighted by atomic mass is 16.5. The van der Waals surface area contributed by atoms with Crippen molar-refractivity contribution in [3.8, 4) is 5.75 Å². The molecule has 7 nitrogen and oxygen atoms in total. The number of carbonyl (C=O) groups excluding carboxylic acids is 2. The van der Waals surface area contributed by atoms with Crippen LogP contribution in [0.25, 0.3) is 10.9 Å². The molecule has 180 valence electrons. The highest BCUT2D eigenvalue weighted by Gasteiger charge is 2.47. The molecule has 1 aliphatic heterocycles. The Balaban J connectivity index is 1.63. The lowest BCUT2D eigenvalue weighted by atomic mass is 9.93. The predicted octanol–water partition coefficient (Wildman–Crippen LogP) is 4.00. The number of para-hydroxylation sites is 1. The van der Waals surface area contributed by atoms with E-state index in [-0.39, 0.29) is 17.9 Å². The SMILES string of the molecule is COc1ccc(CN2C(=O)c3cc4ccccc4n3CC2(C)C(=O)NCCCOC(C)C)cc1. The van der Waals surface area contributed by atoms with E-state index in [1.807, 2.05) is 79.9 Å². The summed E-state index contributed by atoms with van der Waals surface area (Å²) in [5.41, 5.74) is 1.44. The maximum Gasteiger partial charge on any atom is 0.271 e. The van der Waals surface area contributed by atoms with Crippen molar-refractivity contribution in [2.45, 2.75) is 51.9 Å². The van der Waals surface area contributed by atoms with Crippen LogP contribution in [0.2, 0.25) is 0 Å². The summed E-state index contributed by atoms with van der Waals surface area (Å²) in [6, 6.07) is 17.4. The fourth-order valence-electron chi connectivity index (χ4n) is 4.45. The Kier molecular flexibility index (Phi) is 6.93. The third kappa shape index (κ3) is 4.66. The van der Waals surface area contributed by atoms with E-state index in [0.29, 0.717) is 38.4 Å². The van der Waals surface area contributed by atoms with Crippen LogP contribution in [0.5, 0.6) is 5.75 Å². The van der Waals surface area contributed by atoms with Gasteiger partial charge in [-0.3, -0.25) is 9.59 Å². The minimum atomic E-state index is -1.05. The summed E-state index contributed by atoms with van der Waals surface area (Å²) in [6.45, 7) is 7.61. The lowest BCUT2D eigenvalue weighted by molar-refractivity contribution is -0.133. The zero-order valence-corrected chi connectivity index (χ0v) is 20.3. The van der Waals surface area contributed by atoms with Gasteiger partial charge in [0, 0.05) is 30.6 Å². The predicted molar refractivity (Wildman–Crippen MR) is 132 cm³/mol. The van der Waals surface area contributed by atoms with E-state index in [1.54, 1.807) is 12.0 Å². The molecule has 1 N–H and O–H groups in total. The molecule has 0 spiro atoms. The summed E-state index contributed by atoms with van der Waals surface area (Å²) < 4.78 is 12.8. The van der Waals surface area contributed by atoms with Crippen molar-refractivity contribution < 1.29 is 19.1 Å². The van der Waals surface area contributed by atoms with E-state index in [2.05, 4.69) is 5.32 Å². The number of nitrogens with zero attached hydrogens (tertiary/aromatic N) is 2. The van der Waals surface area contributed by atoms with Gasteiger partial charge in [0.25, 0.3) is 5.91 Å².